The molecule has 1 fully saturated rings. The molecule has 0 bridgehead atoms. The van der Waals surface area contributed by atoms with Crippen molar-refractivity contribution in [1.82, 2.24) is 15.0 Å². The SMILES string of the molecule is O=C(Nc1cccc(CSC2CCOCC2)c1)c1csc(-c2cnccn2)n1. The molecule has 1 amide bonds. The molecule has 0 saturated carbocycles. The first-order valence-electron chi connectivity index (χ1n) is 9.09. The lowest BCUT2D eigenvalue weighted by atomic mass is 10.2. The van der Waals surface area contributed by atoms with Crippen LogP contribution in [-0.4, -0.2) is 39.3 Å². The third-order valence-electron chi connectivity index (χ3n) is 4.36. The average Bonchev–Trinajstić information content (AvgIpc) is 3.25. The lowest BCUT2D eigenvalue weighted by Gasteiger charge is -2.21. The maximum Gasteiger partial charge on any atom is 0.275 e. The number of amides is 1. The molecule has 6 nitrogen and oxygen atoms in total. The lowest BCUT2D eigenvalue weighted by Crippen LogP contribution is -2.17. The van der Waals surface area contributed by atoms with Crippen LogP contribution in [0.4, 0.5) is 5.69 Å². The van der Waals surface area contributed by atoms with E-state index in [-0.39, 0.29) is 5.91 Å². The molecule has 0 radical (unpaired) electrons. The molecule has 1 aromatic carbocycles. The summed E-state index contributed by atoms with van der Waals surface area (Å²) in [5, 5.41) is 6.02. The number of benzene rings is 1. The van der Waals surface area contributed by atoms with E-state index >= 15 is 0 Å². The zero-order chi connectivity index (χ0) is 19.2. The fraction of sp³-hybridized carbons (Fsp3) is 0.300. The first kappa shape index (κ1) is 19.0. The van der Waals surface area contributed by atoms with E-state index in [1.54, 1.807) is 24.0 Å². The molecule has 4 rings (SSSR count). The molecule has 1 saturated heterocycles. The van der Waals surface area contributed by atoms with Crippen molar-refractivity contribution in [3.05, 3.63) is 59.5 Å². The average molecular weight is 413 g/mol. The van der Waals surface area contributed by atoms with Gasteiger partial charge in [0, 0.05) is 47.7 Å². The minimum atomic E-state index is -0.222. The van der Waals surface area contributed by atoms with Crippen molar-refractivity contribution in [3.8, 4) is 10.7 Å². The van der Waals surface area contributed by atoms with Crippen LogP contribution < -0.4 is 5.32 Å². The lowest BCUT2D eigenvalue weighted by molar-refractivity contribution is 0.0999. The van der Waals surface area contributed by atoms with Crippen molar-refractivity contribution in [2.75, 3.05) is 18.5 Å². The Hall–Kier alpha value is -2.29. The molecule has 0 spiro atoms. The third-order valence-corrected chi connectivity index (χ3v) is 6.67. The zero-order valence-electron chi connectivity index (χ0n) is 15.2. The smallest absolute Gasteiger partial charge is 0.275 e. The largest absolute Gasteiger partial charge is 0.381 e. The molecule has 28 heavy (non-hydrogen) atoms. The number of thiazole rings is 1. The number of aromatic nitrogens is 3. The van der Waals surface area contributed by atoms with E-state index in [1.807, 2.05) is 30.0 Å². The second-order valence-corrected chi connectivity index (χ2v) is 8.55. The van der Waals surface area contributed by atoms with E-state index in [1.165, 1.54) is 16.9 Å². The second kappa shape index (κ2) is 9.27. The number of nitrogens with zero attached hydrogens (tertiary/aromatic N) is 3. The van der Waals surface area contributed by atoms with E-state index in [9.17, 15) is 4.79 Å². The maximum atomic E-state index is 12.6. The molecular weight excluding hydrogens is 392 g/mol. The van der Waals surface area contributed by atoms with Gasteiger partial charge in [-0.2, -0.15) is 11.8 Å². The van der Waals surface area contributed by atoms with E-state index < -0.39 is 0 Å². The zero-order valence-corrected chi connectivity index (χ0v) is 16.8. The highest BCUT2D eigenvalue weighted by molar-refractivity contribution is 7.99. The quantitative estimate of drug-likeness (QED) is 0.652. The Morgan fingerprint density at radius 3 is 3.00 bits per heavy atom. The van der Waals surface area contributed by atoms with Crippen molar-refractivity contribution in [1.29, 1.82) is 0 Å². The van der Waals surface area contributed by atoms with Crippen LogP contribution >= 0.6 is 23.1 Å². The summed E-state index contributed by atoms with van der Waals surface area (Å²) in [7, 11) is 0. The van der Waals surface area contributed by atoms with Gasteiger partial charge in [-0.1, -0.05) is 12.1 Å². The maximum absolute atomic E-state index is 12.6. The van der Waals surface area contributed by atoms with Crippen LogP contribution in [0.15, 0.2) is 48.2 Å². The Morgan fingerprint density at radius 2 is 2.18 bits per heavy atom. The monoisotopic (exact) mass is 412 g/mol. The van der Waals surface area contributed by atoms with Gasteiger partial charge in [0.05, 0.1) is 6.20 Å². The number of thioether (sulfide) groups is 1. The summed E-state index contributed by atoms with van der Waals surface area (Å²) in [5.74, 6) is 0.711. The molecule has 0 unspecified atom stereocenters. The van der Waals surface area contributed by atoms with Crippen LogP contribution in [0.25, 0.3) is 10.7 Å². The Balaban J connectivity index is 1.37. The number of carbonyl (C=O) groups excluding carboxylic acids is 1. The van der Waals surface area contributed by atoms with Crippen LogP contribution in [0, 0.1) is 0 Å². The highest BCUT2D eigenvalue weighted by atomic mass is 32.2. The summed E-state index contributed by atoms with van der Waals surface area (Å²) in [4.78, 5) is 25.2. The number of anilines is 1. The molecule has 1 aliphatic heterocycles. The van der Waals surface area contributed by atoms with Crippen LogP contribution in [0.3, 0.4) is 0 Å². The van der Waals surface area contributed by atoms with Gasteiger partial charge in [-0.15, -0.1) is 11.3 Å². The van der Waals surface area contributed by atoms with Crippen LogP contribution in [0.2, 0.25) is 0 Å². The highest BCUT2D eigenvalue weighted by Crippen LogP contribution is 2.27. The van der Waals surface area contributed by atoms with E-state index in [4.69, 9.17) is 4.74 Å². The molecule has 1 N–H and O–H groups in total. The molecule has 3 heterocycles. The predicted octanol–water partition coefficient (Wildman–Crippen LogP) is 4.26. The Morgan fingerprint density at radius 1 is 1.29 bits per heavy atom. The van der Waals surface area contributed by atoms with Gasteiger partial charge in [-0.25, -0.2) is 4.98 Å². The van der Waals surface area contributed by atoms with Crippen LogP contribution in [0.1, 0.15) is 28.9 Å². The molecule has 3 aromatic rings. The van der Waals surface area contributed by atoms with Gasteiger partial charge in [-0.3, -0.25) is 14.8 Å². The Bertz CT molecular complexity index is 927. The molecular formula is C20H20N4O2S2. The summed E-state index contributed by atoms with van der Waals surface area (Å²) in [6.45, 7) is 1.72. The van der Waals surface area contributed by atoms with Crippen molar-refractivity contribution >= 4 is 34.7 Å². The van der Waals surface area contributed by atoms with E-state index in [0.717, 1.165) is 37.5 Å². The van der Waals surface area contributed by atoms with E-state index in [2.05, 4.69) is 26.3 Å². The third kappa shape index (κ3) is 4.95. The van der Waals surface area contributed by atoms with Gasteiger partial charge in [0.2, 0.25) is 0 Å². The predicted molar refractivity (Wildman–Crippen MR) is 113 cm³/mol. The fourth-order valence-corrected chi connectivity index (χ4v) is 4.79. The molecule has 0 aliphatic carbocycles. The van der Waals surface area contributed by atoms with Gasteiger partial charge in [0.15, 0.2) is 0 Å². The standard InChI is InChI=1S/C20H20N4O2S2/c25-19(18-13-28-20(24-18)17-11-21-6-7-22-17)23-15-3-1-2-14(10-15)12-27-16-4-8-26-9-5-16/h1-3,6-7,10-11,13,16H,4-5,8-9,12H2,(H,23,25). The summed E-state index contributed by atoms with van der Waals surface area (Å²) in [5.41, 5.74) is 3.03. The number of ether oxygens (including phenoxy) is 1. The summed E-state index contributed by atoms with van der Waals surface area (Å²) in [6, 6.07) is 8.00. The van der Waals surface area contributed by atoms with Gasteiger partial charge >= 0.3 is 0 Å². The molecule has 144 valence electrons. The molecule has 0 atom stereocenters. The normalized spacial score (nSPS) is 14.7. The Kier molecular flexibility index (Phi) is 6.31. The molecule has 8 heteroatoms. The van der Waals surface area contributed by atoms with Gasteiger partial charge < -0.3 is 10.1 Å². The highest BCUT2D eigenvalue weighted by Gasteiger charge is 2.15. The number of carbonyl (C=O) groups is 1. The van der Waals surface area contributed by atoms with Crippen LogP contribution in [-0.2, 0) is 10.5 Å². The van der Waals surface area contributed by atoms with Crippen molar-refractivity contribution in [3.63, 3.8) is 0 Å². The summed E-state index contributed by atoms with van der Waals surface area (Å²) < 4.78 is 5.41. The van der Waals surface area contributed by atoms with E-state index in [0.29, 0.717) is 21.6 Å². The fourth-order valence-electron chi connectivity index (χ4n) is 2.90. The number of hydrogen-bond acceptors (Lipinski definition) is 7. The Labute approximate surface area is 171 Å². The van der Waals surface area contributed by atoms with Crippen molar-refractivity contribution in [2.45, 2.75) is 23.8 Å². The minimum Gasteiger partial charge on any atom is -0.381 e. The first-order valence-corrected chi connectivity index (χ1v) is 11.0. The van der Waals surface area contributed by atoms with Crippen molar-refractivity contribution in [2.24, 2.45) is 0 Å². The van der Waals surface area contributed by atoms with Gasteiger partial charge in [0.1, 0.15) is 16.4 Å². The van der Waals surface area contributed by atoms with Gasteiger partial charge in [0.25, 0.3) is 5.91 Å². The first-order chi connectivity index (χ1) is 13.8. The van der Waals surface area contributed by atoms with Crippen molar-refractivity contribution < 1.29 is 9.53 Å². The summed E-state index contributed by atoms with van der Waals surface area (Å²) in [6.07, 6.45) is 7.08. The molecule has 1 aliphatic rings. The number of nitrogens with one attached hydrogen (secondary N) is 1. The second-order valence-electron chi connectivity index (χ2n) is 6.41. The number of rotatable bonds is 6. The topological polar surface area (TPSA) is 77.0 Å². The van der Waals surface area contributed by atoms with Gasteiger partial charge in [-0.05, 0) is 30.5 Å². The summed E-state index contributed by atoms with van der Waals surface area (Å²) >= 11 is 3.34. The van der Waals surface area contributed by atoms with Crippen LogP contribution in [0.5, 0.6) is 0 Å². The minimum absolute atomic E-state index is 0.222. The molecule has 2 aromatic heterocycles. The number of hydrogen-bond donors (Lipinski definition) is 1.